The topological polar surface area (TPSA) is 12.4 Å². The first-order chi connectivity index (χ1) is 14.6. The summed E-state index contributed by atoms with van der Waals surface area (Å²) in [5.41, 5.74) is 15.6. The Kier molecular flexibility index (Phi) is 3.03. The minimum Gasteiger partial charge on any atom is -0.256 e. The van der Waals surface area contributed by atoms with E-state index < -0.39 is 0 Å². The van der Waals surface area contributed by atoms with Gasteiger partial charge >= 0.3 is 0 Å². The van der Waals surface area contributed by atoms with Gasteiger partial charge in [0.25, 0.3) is 0 Å². The van der Waals surface area contributed by atoms with Gasteiger partial charge in [0.2, 0.25) is 0 Å². The first-order valence-electron chi connectivity index (χ1n) is 10.9. The molecule has 2 atom stereocenters. The molecule has 0 bridgehead atoms. The van der Waals surface area contributed by atoms with E-state index in [2.05, 4.69) is 81.4 Å². The molecule has 30 heavy (non-hydrogen) atoms. The van der Waals surface area contributed by atoms with Crippen molar-refractivity contribution in [2.75, 3.05) is 0 Å². The molecule has 0 fully saturated rings. The first-order valence-corrected chi connectivity index (χ1v) is 10.9. The number of aliphatic imine (C=N–C) groups is 1. The number of benzene rings is 4. The molecule has 7 rings (SSSR count). The predicted molar refractivity (Wildman–Crippen MR) is 125 cm³/mol. The van der Waals surface area contributed by atoms with Crippen LogP contribution in [0.4, 0.5) is 5.69 Å². The summed E-state index contributed by atoms with van der Waals surface area (Å²) in [6, 6.07) is 22.7. The van der Waals surface area contributed by atoms with Crippen LogP contribution in [-0.2, 0) is 6.42 Å². The van der Waals surface area contributed by atoms with Crippen molar-refractivity contribution >= 4 is 22.2 Å². The van der Waals surface area contributed by atoms with Crippen molar-refractivity contribution in [2.45, 2.75) is 39.0 Å². The smallest absolute Gasteiger partial charge is 0.0674 e. The van der Waals surface area contributed by atoms with Crippen LogP contribution in [0.5, 0.6) is 0 Å². The molecule has 0 saturated heterocycles. The average molecular weight is 386 g/mol. The fourth-order valence-electron chi connectivity index (χ4n) is 6.57. The third kappa shape index (κ3) is 1.87. The zero-order valence-electron chi connectivity index (χ0n) is 17.6. The molecule has 0 aromatic heterocycles. The molecule has 1 aliphatic heterocycles. The second-order valence-electron chi connectivity index (χ2n) is 9.27. The Morgan fingerprint density at radius 2 is 1.50 bits per heavy atom. The van der Waals surface area contributed by atoms with Crippen molar-refractivity contribution < 1.29 is 0 Å². The van der Waals surface area contributed by atoms with Crippen molar-refractivity contribution in [3.8, 4) is 0 Å². The molecule has 2 unspecified atom stereocenters. The lowest BCUT2D eigenvalue weighted by Crippen LogP contribution is -2.27. The monoisotopic (exact) mass is 385 g/mol. The largest absolute Gasteiger partial charge is 0.256 e. The molecule has 3 aliphatic rings. The van der Waals surface area contributed by atoms with Crippen LogP contribution in [0.15, 0.2) is 65.7 Å². The Hall–Kier alpha value is -3.19. The van der Waals surface area contributed by atoms with E-state index in [0.29, 0.717) is 5.92 Å². The Morgan fingerprint density at radius 1 is 0.700 bits per heavy atom. The quantitative estimate of drug-likeness (QED) is 0.333. The molecule has 0 radical (unpaired) electrons. The summed E-state index contributed by atoms with van der Waals surface area (Å²) in [4.78, 5) is 5.18. The van der Waals surface area contributed by atoms with E-state index in [0.717, 1.165) is 6.42 Å². The molecule has 0 N–H and O–H groups in total. The van der Waals surface area contributed by atoms with Crippen molar-refractivity contribution in [3.05, 3.63) is 111 Å². The van der Waals surface area contributed by atoms with Crippen LogP contribution < -0.4 is 0 Å². The zero-order valence-corrected chi connectivity index (χ0v) is 17.6. The summed E-state index contributed by atoms with van der Waals surface area (Å²) < 4.78 is 0. The number of aryl methyl sites for hydroxylation is 3. The van der Waals surface area contributed by atoms with Crippen LogP contribution in [0.25, 0.3) is 10.8 Å². The van der Waals surface area contributed by atoms with Crippen LogP contribution in [0, 0.1) is 20.8 Å². The van der Waals surface area contributed by atoms with Gasteiger partial charge in [-0.2, -0.15) is 0 Å². The molecule has 4 aromatic rings. The highest BCUT2D eigenvalue weighted by atomic mass is 14.8. The second kappa shape index (κ2) is 5.49. The van der Waals surface area contributed by atoms with Crippen molar-refractivity contribution in [3.63, 3.8) is 0 Å². The molecule has 0 amide bonds. The maximum Gasteiger partial charge on any atom is 0.0674 e. The maximum absolute atomic E-state index is 5.18. The summed E-state index contributed by atoms with van der Waals surface area (Å²) in [6.07, 6.45) is 0.979. The van der Waals surface area contributed by atoms with Gasteiger partial charge in [-0.15, -0.1) is 0 Å². The normalized spacial score (nSPS) is 19.9. The molecule has 144 valence electrons. The van der Waals surface area contributed by atoms with Crippen molar-refractivity contribution in [1.29, 1.82) is 0 Å². The standard InChI is InChI=1S/C29H23N/c1-15-12-16(2)24-17(3)13-21-25(18-8-5-4-6-9-18)19-10-7-11-22-26(19)29-23(30-22)14-20(15)27(24)28(21)29/h4-13,25,29H,14H2,1-3H3. The van der Waals surface area contributed by atoms with Crippen LogP contribution >= 0.6 is 0 Å². The maximum atomic E-state index is 5.18. The fourth-order valence-corrected chi connectivity index (χ4v) is 6.57. The Bertz CT molecular complexity index is 1440. The van der Waals surface area contributed by atoms with Crippen LogP contribution in [0.1, 0.15) is 61.9 Å². The molecule has 2 aliphatic carbocycles. The molecule has 4 aromatic carbocycles. The Balaban J connectivity index is 1.71. The number of rotatable bonds is 1. The summed E-state index contributed by atoms with van der Waals surface area (Å²) in [5.74, 6) is 0.611. The van der Waals surface area contributed by atoms with E-state index in [9.17, 15) is 0 Å². The van der Waals surface area contributed by atoms with Crippen LogP contribution in [0.3, 0.4) is 0 Å². The number of hydrogen-bond donors (Lipinski definition) is 0. The zero-order chi connectivity index (χ0) is 20.1. The number of nitrogens with zero attached hydrogens (tertiary/aromatic N) is 1. The van der Waals surface area contributed by atoms with E-state index in [1.165, 1.54) is 72.2 Å². The Labute approximate surface area is 177 Å². The molecular formula is C29H23N. The van der Waals surface area contributed by atoms with E-state index in [-0.39, 0.29) is 5.92 Å². The summed E-state index contributed by atoms with van der Waals surface area (Å²) >= 11 is 0. The fraction of sp³-hybridized carbons (Fsp3) is 0.207. The SMILES string of the molecule is Cc1cc(C)c2c(C)cc3c4c2c1CC1=Nc2cccc(c2C14)C3c1ccccc1. The lowest BCUT2D eigenvalue weighted by Gasteiger charge is -2.38. The van der Waals surface area contributed by atoms with Gasteiger partial charge in [0, 0.05) is 18.1 Å². The van der Waals surface area contributed by atoms with Gasteiger partial charge in [-0.3, -0.25) is 4.99 Å². The third-order valence-corrected chi connectivity index (χ3v) is 7.61. The highest BCUT2D eigenvalue weighted by molar-refractivity contribution is 6.13. The molecule has 1 heteroatoms. The van der Waals surface area contributed by atoms with Gasteiger partial charge in [-0.05, 0) is 87.7 Å². The third-order valence-electron chi connectivity index (χ3n) is 7.61. The van der Waals surface area contributed by atoms with Crippen molar-refractivity contribution in [2.24, 2.45) is 4.99 Å². The van der Waals surface area contributed by atoms with Gasteiger partial charge in [-0.25, -0.2) is 0 Å². The minimum absolute atomic E-state index is 0.275. The van der Waals surface area contributed by atoms with Crippen molar-refractivity contribution in [1.82, 2.24) is 0 Å². The summed E-state index contributed by atoms with van der Waals surface area (Å²) in [6.45, 7) is 6.86. The molecule has 0 spiro atoms. The van der Waals surface area contributed by atoms with E-state index >= 15 is 0 Å². The van der Waals surface area contributed by atoms with Crippen LogP contribution in [0.2, 0.25) is 0 Å². The van der Waals surface area contributed by atoms with Gasteiger partial charge < -0.3 is 0 Å². The van der Waals surface area contributed by atoms with E-state index in [1.807, 2.05) is 0 Å². The average Bonchev–Trinajstić information content (AvgIpc) is 3.12. The van der Waals surface area contributed by atoms with Crippen LogP contribution in [-0.4, -0.2) is 5.71 Å². The molecule has 1 nitrogen and oxygen atoms in total. The summed E-state index contributed by atoms with van der Waals surface area (Å²) in [7, 11) is 0. The highest BCUT2D eigenvalue weighted by Crippen LogP contribution is 2.57. The molecule has 1 heterocycles. The summed E-state index contributed by atoms with van der Waals surface area (Å²) in [5, 5.41) is 2.99. The van der Waals surface area contributed by atoms with E-state index in [4.69, 9.17) is 4.99 Å². The minimum atomic E-state index is 0.275. The van der Waals surface area contributed by atoms with Gasteiger partial charge in [0.15, 0.2) is 0 Å². The second-order valence-corrected chi connectivity index (χ2v) is 9.27. The molecule has 0 saturated carbocycles. The van der Waals surface area contributed by atoms with Gasteiger partial charge in [0.05, 0.1) is 11.6 Å². The number of hydrogen-bond acceptors (Lipinski definition) is 1. The lowest BCUT2D eigenvalue weighted by atomic mass is 9.64. The van der Waals surface area contributed by atoms with E-state index in [1.54, 1.807) is 0 Å². The highest BCUT2D eigenvalue weighted by Gasteiger charge is 2.44. The Morgan fingerprint density at radius 3 is 2.33 bits per heavy atom. The molecular weight excluding hydrogens is 362 g/mol. The van der Waals surface area contributed by atoms with Gasteiger partial charge in [0.1, 0.15) is 0 Å². The predicted octanol–water partition coefficient (Wildman–Crippen LogP) is 7.03. The van der Waals surface area contributed by atoms with Gasteiger partial charge in [-0.1, -0.05) is 54.6 Å². The lowest BCUT2D eigenvalue weighted by molar-refractivity contribution is 0.861. The first kappa shape index (κ1) is 16.6.